The van der Waals surface area contributed by atoms with Crippen LogP contribution in [0.5, 0.6) is 0 Å². The van der Waals surface area contributed by atoms with Gasteiger partial charge in [-0.3, -0.25) is 0 Å². The van der Waals surface area contributed by atoms with E-state index in [2.05, 4.69) is 222 Å². The molecule has 0 aliphatic carbocycles. The van der Waals surface area contributed by atoms with E-state index in [1.165, 1.54) is 61.2 Å². The highest BCUT2D eigenvalue weighted by molar-refractivity contribution is 5.93. The lowest BCUT2D eigenvalue weighted by molar-refractivity contribution is 1.27. The van der Waals surface area contributed by atoms with Crippen molar-refractivity contribution in [1.29, 1.82) is 0 Å². The fourth-order valence-corrected chi connectivity index (χ4v) is 6.51. The molecule has 0 amide bonds. The summed E-state index contributed by atoms with van der Waals surface area (Å²) in [4.78, 5) is 2.34. The van der Waals surface area contributed by atoms with Crippen molar-refractivity contribution in [3.63, 3.8) is 0 Å². The van der Waals surface area contributed by atoms with Crippen molar-refractivity contribution < 1.29 is 0 Å². The third-order valence-corrected chi connectivity index (χ3v) is 9.67. The monoisotopic (exact) mass is 671 g/mol. The molecule has 0 fully saturated rings. The van der Waals surface area contributed by atoms with E-state index in [1.54, 1.807) is 0 Å². The van der Waals surface area contributed by atoms with Crippen molar-refractivity contribution in [1.82, 2.24) is 0 Å². The van der Waals surface area contributed by atoms with Crippen molar-refractivity contribution in [2.24, 2.45) is 0 Å². The Morgan fingerprint density at radius 1 is 0.288 bits per heavy atom. The number of hydrogen-bond acceptors (Lipinski definition) is 1. The van der Waals surface area contributed by atoms with Gasteiger partial charge in [0.1, 0.15) is 0 Å². The Morgan fingerprint density at radius 2 is 0.500 bits per heavy atom. The zero-order valence-electron chi connectivity index (χ0n) is 30.8. The molecule has 0 atom stereocenters. The number of nitrogens with zero attached hydrogens (tertiary/aromatic N) is 1. The van der Waals surface area contributed by atoms with Crippen LogP contribution in [0.15, 0.2) is 170 Å². The summed E-state index contributed by atoms with van der Waals surface area (Å²) in [6.45, 7) is 10.7. The first-order chi connectivity index (χ1) is 25.3. The first kappa shape index (κ1) is 34.3. The summed E-state index contributed by atoms with van der Waals surface area (Å²) >= 11 is 0. The summed E-state index contributed by atoms with van der Waals surface area (Å²) in [5, 5.41) is 0. The number of rotatable bonds is 9. The molecule has 0 saturated carbocycles. The van der Waals surface area contributed by atoms with Crippen LogP contribution in [-0.2, 0) is 0 Å². The van der Waals surface area contributed by atoms with Crippen LogP contribution >= 0.6 is 0 Å². The maximum atomic E-state index is 2.34. The van der Waals surface area contributed by atoms with E-state index < -0.39 is 0 Å². The molecule has 52 heavy (non-hydrogen) atoms. The number of hydrogen-bond donors (Lipinski definition) is 0. The van der Waals surface area contributed by atoms with Crippen LogP contribution < -0.4 is 4.90 Å². The molecule has 7 aromatic rings. The van der Waals surface area contributed by atoms with Crippen molar-refractivity contribution in [3.05, 3.63) is 231 Å². The molecule has 0 N–H and O–H groups in total. The molecule has 0 radical (unpaired) electrons. The van der Waals surface area contributed by atoms with E-state index in [1.807, 2.05) is 0 Å². The molecular formula is C51H45N. The van der Waals surface area contributed by atoms with E-state index in [-0.39, 0.29) is 0 Å². The minimum Gasteiger partial charge on any atom is -0.311 e. The molecule has 0 aliphatic heterocycles. The molecule has 0 aromatic heterocycles. The molecule has 0 unspecified atom stereocenters. The van der Waals surface area contributed by atoms with Gasteiger partial charge in [0.2, 0.25) is 0 Å². The van der Waals surface area contributed by atoms with Crippen molar-refractivity contribution >= 4 is 40.4 Å². The molecule has 7 aromatic carbocycles. The first-order valence-electron chi connectivity index (χ1n) is 18.1. The summed E-state index contributed by atoms with van der Waals surface area (Å²) in [6.07, 6.45) is 4.60. The summed E-state index contributed by atoms with van der Waals surface area (Å²) in [5.74, 6) is 0. The van der Waals surface area contributed by atoms with Gasteiger partial charge in [-0.15, -0.1) is 0 Å². The molecular weight excluding hydrogens is 627 g/mol. The minimum absolute atomic E-state index is 1.11. The minimum atomic E-state index is 1.11. The Labute approximate surface area is 309 Å². The van der Waals surface area contributed by atoms with Crippen LogP contribution in [-0.4, -0.2) is 0 Å². The van der Waals surface area contributed by atoms with Gasteiger partial charge in [-0.25, -0.2) is 0 Å². The molecule has 1 heteroatoms. The van der Waals surface area contributed by atoms with Crippen LogP contribution in [0.3, 0.4) is 0 Å². The van der Waals surface area contributed by atoms with Crippen molar-refractivity contribution in [2.75, 3.05) is 4.90 Å². The lowest BCUT2D eigenvalue weighted by Crippen LogP contribution is -2.09. The van der Waals surface area contributed by atoms with Gasteiger partial charge < -0.3 is 4.90 Å². The standard InChI is InChI=1S/C51H45N/c1-36-6-20-43(21-7-36)50(44-22-8-37(2)9-23-44)34-41-16-30-48(31-17-41)52(47-28-14-40(5)15-29-47)49-32-18-42(19-33-49)35-51(45-24-10-38(3)11-25-45)46-26-12-39(4)13-27-46/h6-35H,1-5H3. The highest BCUT2D eigenvalue weighted by atomic mass is 15.1. The molecule has 7 rings (SSSR count). The van der Waals surface area contributed by atoms with E-state index in [0.717, 1.165) is 28.2 Å². The lowest BCUT2D eigenvalue weighted by atomic mass is 9.94. The largest absolute Gasteiger partial charge is 0.311 e. The van der Waals surface area contributed by atoms with Gasteiger partial charge in [-0.2, -0.15) is 0 Å². The summed E-state index contributed by atoms with van der Waals surface area (Å²) in [7, 11) is 0. The van der Waals surface area contributed by atoms with Crippen LogP contribution in [0.1, 0.15) is 61.2 Å². The quantitative estimate of drug-likeness (QED) is 0.138. The second kappa shape index (κ2) is 15.4. The normalized spacial score (nSPS) is 10.8. The van der Waals surface area contributed by atoms with Gasteiger partial charge in [0.25, 0.3) is 0 Å². The highest BCUT2D eigenvalue weighted by Gasteiger charge is 2.14. The van der Waals surface area contributed by atoms with E-state index in [0.29, 0.717) is 0 Å². The van der Waals surface area contributed by atoms with Crippen LogP contribution in [0.25, 0.3) is 23.3 Å². The van der Waals surface area contributed by atoms with Gasteiger partial charge >= 0.3 is 0 Å². The Morgan fingerprint density at radius 3 is 0.750 bits per heavy atom. The maximum absolute atomic E-state index is 2.34. The second-order valence-corrected chi connectivity index (χ2v) is 13.9. The summed E-state index contributed by atoms with van der Waals surface area (Å²) in [5.41, 5.74) is 19.2. The lowest BCUT2D eigenvalue weighted by Gasteiger charge is -2.26. The maximum Gasteiger partial charge on any atom is 0.0462 e. The highest BCUT2D eigenvalue weighted by Crippen LogP contribution is 2.36. The zero-order chi connectivity index (χ0) is 36.0. The average Bonchev–Trinajstić information content (AvgIpc) is 3.17. The summed E-state index contributed by atoms with van der Waals surface area (Å²) in [6, 6.07) is 61.9. The van der Waals surface area contributed by atoms with Gasteiger partial charge in [0.15, 0.2) is 0 Å². The summed E-state index contributed by atoms with van der Waals surface area (Å²) < 4.78 is 0. The predicted molar refractivity (Wildman–Crippen MR) is 225 cm³/mol. The topological polar surface area (TPSA) is 3.24 Å². The average molecular weight is 672 g/mol. The molecule has 0 aliphatic rings. The third-order valence-electron chi connectivity index (χ3n) is 9.67. The molecule has 0 heterocycles. The fourth-order valence-electron chi connectivity index (χ4n) is 6.51. The Balaban J connectivity index is 1.25. The van der Waals surface area contributed by atoms with Crippen LogP contribution in [0, 0.1) is 34.6 Å². The van der Waals surface area contributed by atoms with E-state index in [4.69, 9.17) is 0 Å². The van der Waals surface area contributed by atoms with Gasteiger partial charge in [-0.1, -0.05) is 161 Å². The smallest absolute Gasteiger partial charge is 0.0462 e. The Kier molecular flexibility index (Phi) is 10.1. The van der Waals surface area contributed by atoms with Crippen molar-refractivity contribution in [2.45, 2.75) is 34.6 Å². The Hall–Kier alpha value is -6.18. The van der Waals surface area contributed by atoms with Gasteiger partial charge in [0, 0.05) is 17.1 Å². The first-order valence-corrected chi connectivity index (χ1v) is 18.1. The van der Waals surface area contributed by atoms with Crippen molar-refractivity contribution in [3.8, 4) is 0 Å². The zero-order valence-corrected chi connectivity index (χ0v) is 30.8. The second-order valence-electron chi connectivity index (χ2n) is 13.9. The number of benzene rings is 7. The molecule has 0 saturated heterocycles. The fraction of sp³-hybridized carbons (Fsp3) is 0.0980. The SMILES string of the molecule is Cc1ccc(C(=Cc2ccc(N(c3ccc(C)cc3)c3ccc(C=C(c4ccc(C)cc4)c4ccc(C)cc4)cc3)cc2)c2ccc(C)cc2)cc1. The molecule has 1 nitrogen and oxygen atoms in total. The molecule has 0 spiro atoms. The predicted octanol–water partition coefficient (Wildman–Crippen LogP) is 13.9. The van der Waals surface area contributed by atoms with Gasteiger partial charge in [-0.05, 0) is 128 Å². The van der Waals surface area contributed by atoms with Gasteiger partial charge in [0.05, 0.1) is 0 Å². The van der Waals surface area contributed by atoms with Crippen LogP contribution in [0.2, 0.25) is 0 Å². The van der Waals surface area contributed by atoms with Crippen LogP contribution in [0.4, 0.5) is 17.1 Å². The third kappa shape index (κ3) is 8.06. The van der Waals surface area contributed by atoms with E-state index >= 15 is 0 Å². The molecule has 254 valence electrons. The number of anilines is 3. The molecule has 0 bridgehead atoms. The Bertz CT molecular complexity index is 2060. The number of aryl methyl sites for hydroxylation is 5. The van der Waals surface area contributed by atoms with E-state index in [9.17, 15) is 0 Å².